The molecule has 0 bridgehead atoms. The molecule has 2 aromatic carbocycles. The fraction of sp³-hybridized carbons (Fsp3) is 0.242. The van der Waals surface area contributed by atoms with Gasteiger partial charge in [-0.3, -0.25) is 15.1 Å². The van der Waals surface area contributed by atoms with Gasteiger partial charge in [0, 0.05) is 47.7 Å². The Balaban J connectivity index is 1.38. The maximum atomic E-state index is 13.3. The maximum absolute atomic E-state index is 13.3. The molecule has 0 atom stereocenters. The van der Waals surface area contributed by atoms with Crippen molar-refractivity contribution in [3.63, 3.8) is 0 Å². The van der Waals surface area contributed by atoms with Gasteiger partial charge in [-0.05, 0) is 24.3 Å². The minimum absolute atomic E-state index is 0.0260. The summed E-state index contributed by atoms with van der Waals surface area (Å²) < 4.78 is 18.0. The first kappa shape index (κ1) is 30.2. The van der Waals surface area contributed by atoms with Crippen LogP contribution < -0.4 is 20.1 Å². The molecule has 5 aromatic rings. The van der Waals surface area contributed by atoms with Gasteiger partial charge in [-0.25, -0.2) is 14.5 Å². The van der Waals surface area contributed by atoms with Crippen LogP contribution in [0.2, 0.25) is 0 Å². The predicted molar refractivity (Wildman–Crippen MR) is 168 cm³/mol. The van der Waals surface area contributed by atoms with Crippen LogP contribution in [0.5, 0.6) is 17.4 Å². The van der Waals surface area contributed by atoms with E-state index >= 15 is 0 Å². The summed E-state index contributed by atoms with van der Waals surface area (Å²) in [5, 5.41) is 12.2. The molecule has 44 heavy (non-hydrogen) atoms. The van der Waals surface area contributed by atoms with Crippen LogP contribution in [-0.4, -0.2) is 52.4 Å². The van der Waals surface area contributed by atoms with Crippen molar-refractivity contribution in [2.75, 3.05) is 31.5 Å². The number of urea groups is 1. The van der Waals surface area contributed by atoms with Gasteiger partial charge in [-0.2, -0.15) is 5.10 Å². The van der Waals surface area contributed by atoms with Crippen molar-refractivity contribution in [3.8, 4) is 23.1 Å². The van der Waals surface area contributed by atoms with Gasteiger partial charge in [0.2, 0.25) is 5.88 Å². The van der Waals surface area contributed by atoms with E-state index in [0.717, 1.165) is 16.5 Å². The van der Waals surface area contributed by atoms with Crippen LogP contribution in [0.25, 0.3) is 16.5 Å². The molecule has 5 rings (SSSR count). The van der Waals surface area contributed by atoms with Crippen molar-refractivity contribution >= 4 is 34.1 Å². The molecule has 0 unspecified atom stereocenters. The van der Waals surface area contributed by atoms with Crippen molar-refractivity contribution in [1.82, 2.24) is 19.7 Å². The van der Waals surface area contributed by atoms with Gasteiger partial charge in [0.05, 0.1) is 42.5 Å². The highest BCUT2D eigenvalue weighted by atomic mass is 16.5. The Morgan fingerprint density at radius 1 is 0.909 bits per heavy atom. The topological polar surface area (TPSA) is 129 Å². The lowest BCUT2D eigenvalue weighted by molar-refractivity contribution is -0.122. The highest BCUT2D eigenvalue weighted by molar-refractivity contribution is 6.07. The number of fused-ring (bicyclic) bond motifs is 1. The van der Waals surface area contributed by atoms with Crippen LogP contribution in [0.1, 0.15) is 32.2 Å². The first-order valence-electron chi connectivity index (χ1n) is 14.0. The van der Waals surface area contributed by atoms with Gasteiger partial charge in [-0.1, -0.05) is 45.0 Å². The van der Waals surface area contributed by atoms with Gasteiger partial charge in [0.15, 0.2) is 5.78 Å². The fourth-order valence-corrected chi connectivity index (χ4v) is 4.55. The van der Waals surface area contributed by atoms with E-state index in [0.29, 0.717) is 40.3 Å². The second kappa shape index (κ2) is 12.9. The van der Waals surface area contributed by atoms with Gasteiger partial charge < -0.3 is 19.5 Å². The van der Waals surface area contributed by atoms with E-state index in [4.69, 9.17) is 19.3 Å². The second-order valence-electron chi connectivity index (χ2n) is 11.1. The maximum Gasteiger partial charge on any atom is 0.324 e. The highest BCUT2D eigenvalue weighted by Gasteiger charge is 2.22. The first-order valence-corrected chi connectivity index (χ1v) is 14.0. The SMILES string of the molecule is COCC(=O)Cc1cc(Oc2ccc(NC(=O)Nc3cc(C(C)(C)C)nn3-c3ccc(OC)nc3)c3ccccc23)ccn1. The molecule has 3 heterocycles. The number of rotatable bonds is 10. The molecule has 3 aromatic heterocycles. The number of nitrogens with one attached hydrogen (secondary N) is 2. The van der Waals surface area contributed by atoms with Gasteiger partial charge in [0.1, 0.15) is 23.9 Å². The molecule has 2 N–H and O–H groups in total. The summed E-state index contributed by atoms with van der Waals surface area (Å²) in [5.41, 5.74) is 2.41. The van der Waals surface area contributed by atoms with Gasteiger partial charge >= 0.3 is 6.03 Å². The Morgan fingerprint density at radius 3 is 2.41 bits per heavy atom. The number of pyridine rings is 2. The van der Waals surface area contributed by atoms with E-state index in [-0.39, 0.29) is 24.2 Å². The number of methoxy groups -OCH3 is 2. The zero-order valence-corrected chi connectivity index (χ0v) is 25.2. The molecular weight excluding hydrogens is 560 g/mol. The largest absolute Gasteiger partial charge is 0.481 e. The normalized spacial score (nSPS) is 11.3. The number of nitrogens with zero attached hydrogens (tertiary/aromatic N) is 4. The second-order valence-corrected chi connectivity index (χ2v) is 11.1. The molecule has 0 aliphatic carbocycles. The van der Waals surface area contributed by atoms with Crippen molar-refractivity contribution in [2.45, 2.75) is 32.6 Å². The minimum Gasteiger partial charge on any atom is -0.481 e. The number of carbonyl (C=O) groups excluding carboxylic acids is 2. The van der Waals surface area contributed by atoms with Crippen molar-refractivity contribution in [3.05, 3.63) is 90.5 Å². The molecule has 0 spiro atoms. The summed E-state index contributed by atoms with van der Waals surface area (Å²) in [7, 11) is 3.04. The third-order valence-electron chi connectivity index (χ3n) is 6.73. The molecule has 0 saturated carbocycles. The monoisotopic (exact) mass is 594 g/mol. The zero-order valence-electron chi connectivity index (χ0n) is 25.2. The fourth-order valence-electron chi connectivity index (χ4n) is 4.55. The number of Topliss-reactive ketones (excluding diaryl/α,β-unsaturated/α-hetero) is 1. The average molecular weight is 595 g/mol. The number of anilines is 2. The minimum atomic E-state index is -0.439. The predicted octanol–water partition coefficient (Wildman–Crippen LogP) is 6.32. The molecule has 0 radical (unpaired) electrons. The van der Waals surface area contributed by atoms with E-state index in [1.807, 2.05) is 36.4 Å². The van der Waals surface area contributed by atoms with E-state index in [2.05, 4.69) is 41.4 Å². The molecule has 226 valence electrons. The Labute approximate surface area is 255 Å². The summed E-state index contributed by atoms with van der Waals surface area (Å²) in [6.45, 7) is 6.19. The number of benzene rings is 2. The summed E-state index contributed by atoms with van der Waals surface area (Å²) in [6.07, 6.45) is 3.39. The molecule has 0 saturated heterocycles. The third-order valence-corrected chi connectivity index (χ3v) is 6.73. The molecule has 0 aliphatic heterocycles. The molecular formula is C33H34N6O5. The number of hydrogen-bond donors (Lipinski definition) is 2. The summed E-state index contributed by atoms with van der Waals surface area (Å²) in [6, 6.07) is 19.6. The van der Waals surface area contributed by atoms with Gasteiger partial charge in [-0.15, -0.1) is 0 Å². The molecule has 0 aliphatic rings. The van der Waals surface area contributed by atoms with E-state index < -0.39 is 6.03 Å². The van der Waals surface area contributed by atoms with Crippen LogP contribution in [0.15, 0.2) is 79.1 Å². The van der Waals surface area contributed by atoms with Crippen LogP contribution in [-0.2, 0) is 21.4 Å². The lowest BCUT2D eigenvalue weighted by Gasteiger charge is -2.14. The van der Waals surface area contributed by atoms with Crippen LogP contribution in [0.3, 0.4) is 0 Å². The third kappa shape index (κ3) is 7.01. The van der Waals surface area contributed by atoms with Crippen LogP contribution in [0, 0.1) is 0 Å². The first-order chi connectivity index (χ1) is 21.1. The molecule has 2 amide bonds. The summed E-state index contributed by atoms with van der Waals surface area (Å²) >= 11 is 0. The number of ketones is 1. The Bertz CT molecular complexity index is 1790. The number of carbonyl (C=O) groups is 2. The summed E-state index contributed by atoms with van der Waals surface area (Å²) in [5.74, 6) is 2.02. The molecule has 0 fully saturated rings. The number of ether oxygens (including phenoxy) is 3. The smallest absolute Gasteiger partial charge is 0.324 e. The highest BCUT2D eigenvalue weighted by Crippen LogP contribution is 2.35. The Kier molecular flexibility index (Phi) is 8.86. The van der Waals surface area contributed by atoms with Crippen molar-refractivity contribution < 1.29 is 23.8 Å². The van der Waals surface area contributed by atoms with Crippen molar-refractivity contribution in [1.29, 1.82) is 0 Å². The summed E-state index contributed by atoms with van der Waals surface area (Å²) in [4.78, 5) is 33.9. The number of aromatic nitrogens is 4. The van der Waals surface area contributed by atoms with Crippen LogP contribution >= 0.6 is 0 Å². The lowest BCUT2D eigenvalue weighted by Crippen LogP contribution is -2.21. The standard InChI is InChI=1S/C33H34N6O5/c1-33(2,3)29-18-30(39(38-29)22-10-13-31(43-5)35-19-22)37-32(41)36-27-11-12-28(26-9-7-6-8-25(26)27)44-24-14-15-34-21(17-24)16-23(40)20-42-4/h6-15,17-19H,16,20H2,1-5H3,(H2,36,37,41). The van der Waals surface area contributed by atoms with Crippen molar-refractivity contribution in [2.24, 2.45) is 0 Å². The zero-order chi connectivity index (χ0) is 31.3. The number of hydrogen-bond acceptors (Lipinski definition) is 8. The number of amides is 2. The Hall–Kier alpha value is -5.29. The average Bonchev–Trinajstić information content (AvgIpc) is 3.43. The van der Waals surface area contributed by atoms with Gasteiger partial charge in [0.25, 0.3) is 0 Å². The molecule has 11 nitrogen and oxygen atoms in total. The Morgan fingerprint density at radius 2 is 1.70 bits per heavy atom. The van der Waals surface area contributed by atoms with E-state index in [1.165, 1.54) is 7.11 Å². The van der Waals surface area contributed by atoms with E-state index in [9.17, 15) is 9.59 Å². The lowest BCUT2D eigenvalue weighted by atomic mass is 9.92. The van der Waals surface area contributed by atoms with E-state index in [1.54, 1.807) is 54.5 Å². The van der Waals surface area contributed by atoms with Crippen LogP contribution in [0.4, 0.5) is 16.3 Å². The molecule has 11 heteroatoms. The quantitative estimate of drug-likeness (QED) is 0.192.